The van der Waals surface area contributed by atoms with Gasteiger partial charge in [0.2, 0.25) is 0 Å². The second-order valence-corrected chi connectivity index (χ2v) is 11.9. The van der Waals surface area contributed by atoms with E-state index in [1.807, 2.05) is 30.3 Å². The van der Waals surface area contributed by atoms with Gasteiger partial charge in [-0.25, -0.2) is 14.8 Å². The Balaban J connectivity index is 0.000000290. The molecular formula is C57H28N6O3. The molecule has 2 aromatic heterocycles. The summed E-state index contributed by atoms with van der Waals surface area (Å²) in [5, 5.41) is 0. The fraction of sp³-hybridized carbons (Fsp3) is 0.123. The molecule has 4 aromatic rings. The van der Waals surface area contributed by atoms with Crippen molar-refractivity contribution >= 4 is 22.9 Å². The minimum absolute atomic E-state index is 0.202. The molecule has 2 N–H and O–H groups in total. The van der Waals surface area contributed by atoms with Crippen LogP contribution in [0.3, 0.4) is 0 Å². The number of nitrogen functional groups attached to an aromatic ring is 1. The minimum atomic E-state index is -0.292. The fourth-order valence-electron chi connectivity index (χ4n) is 5.18. The van der Waals surface area contributed by atoms with Crippen molar-refractivity contribution < 1.29 is 9.53 Å². The minimum Gasteiger partial charge on any atom is -0.457 e. The van der Waals surface area contributed by atoms with Crippen molar-refractivity contribution in [2.24, 2.45) is 0 Å². The number of hydrogen-bond donors (Lipinski definition) is 1. The number of carbonyl (C=O) groups is 1. The largest absolute Gasteiger partial charge is 0.457 e. The van der Waals surface area contributed by atoms with Crippen molar-refractivity contribution in [1.29, 1.82) is 0 Å². The predicted molar refractivity (Wildman–Crippen MR) is 256 cm³/mol. The molecule has 9 nitrogen and oxygen atoms in total. The zero-order valence-electron chi connectivity index (χ0n) is 35.5. The maximum Gasteiger partial charge on any atom is 0.335 e. The zero-order chi connectivity index (χ0) is 46.9. The number of imidazole rings is 1. The van der Waals surface area contributed by atoms with Gasteiger partial charge in [-0.15, -0.1) is 0 Å². The van der Waals surface area contributed by atoms with E-state index in [0.717, 1.165) is 5.75 Å². The second kappa shape index (κ2) is 28.3. The maximum atomic E-state index is 13.6. The van der Waals surface area contributed by atoms with Crippen LogP contribution in [0.1, 0.15) is 33.2 Å². The summed E-state index contributed by atoms with van der Waals surface area (Å²) in [7, 11) is 0. The monoisotopic (exact) mass is 844 g/mol. The van der Waals surface area contributed by atoms with E-state index in [9.17, 15) is 9.59 Å². The third-order valence-electron chi connectivity index (χ3n) is 7.74. The van der Waals surface area contributed by atoms with Crippen LogP contribution in [0, 0.1) is 189 Å². The Morgan fingerprint density at radius 1 is 0.576 bits per heavy atom. The third kappa shape index (κ3) is 16.1. The lowest BCUT2D eigenvalue weighted by atomic mass is 10.2. The molecule has 1 atom stereocenters. The van der Waals surface area contributed by atoms with Gasteiger partial charge in [0.05, 0.1) is 11.7 Å². The number of nitrogens with zero attached hydrogens (tertiary/aromatic N) is 5. The van der Waals surface area contributed by atoms with E-state index in [1.54, 1.807) is 54.5 Å². The normalized spacial score (nSPS) is 9.74. The van der Waals surface area contributed by atoms with Crippen molar-refractivity contribution in [3.8, 4) is 207 Å². The molecule has 0 saturated carbocycles. The Labute approximate surface area is 385 Å². The highest BCUT2D eigenvalue weighted by molar-refractivity contribution is 5.93. The number of amides is 1. The van der Waals surface area contributed by atoms with Crippen LogP contribution in [0.2, 0.25) is 0 Å². The molecule has 0 unspecified atom stereocenters. The van der Waals surface area contributed by atoms with Gasteiger partial charge in [-0.2, -0.15) is 0 Å². The van der Waals surface area contributed by atoms with Gasteiger partial charge in [-0.05, 0) is 164 Å². The van der Waals surface area contributed by atoms with E-state index in [-0.39, 0.29) is 23.5 Å². The van der Waals surface area contributed by atoms with E-state index >= 15 is 0 Å². The van der Waals surface area contributed by atoms with Crippen LogP contribution in [0.5, 0.6) is 11.5 Å². The van der Waals surface area contributed by atoms with E-state index < -0.39 is 0 Å². The van der Waals surface area contributed by atoms with Gasteiger partial charge in [-0.1, -0.05) is 36.0 Å². The number of fused-ring (bicyclic) bond motifs is 1. The van der Waals surface area contributed by atoms with Crippen LogP contribution >= 0.6 is 0 Å². The van der Waals surface area contributed by atoms with Crippen LogP contribution < -0.4 is 16.2 Å². The van der Waals surface area contributed by atoms with Crippen LogP contribution in [-0.4, -0.2) is 43.0 Å². The summed E-state index contributed by atoms with van der Waals surface area (Å²) in [6.45, 7) is 5.90. The standard InChI is InChI=1S/C32H6.C25H22N6O3/c1-3-5-7-9-11-13-15-17-19-21-23-25-27-29-31-32-30-28-26-24-22-20-18-16-14-12-10-8-6-4-2;1-2-6-21(32)29-14-13-18(15-29)31-24-22(23(26)27-16-28-24)30(25(31)33)17-9-11-20(12-10-17)34-19-7-4-3-5-8-19/h1-2H3;3-5,7-12,16,18H,13-15H2,1H3,(H2,26,27,28)/t;18-/m.1/s1. The Morgan fingerprint density at radius 2 is 1.00 bits per heavy atom. The number of rotatable bonds is 4. The van der Waals surface area contributed by atoms with Gasteiger partial charge >= 0.3 is 5.69 Å². The quantitative estimate of drug-likeness (QED) is 0.314. The van der Waals surface area contributed by atoms with Crippen LogP contribution in [-0.2, 0) is 4.79 Å². The summed E-state index contributed by atoms with van der Waals surface area (Å²) in [6.07, 6.45) is 1.96. The molecule has 0 radical (unpaired) electrons. The highest BCUT2D eigenvalue weighted by Crippen LogP contribution is 2.28. The van der Waals surface area contributed by atoms with Gasteiger partial charge < -0.3 is 15.4 Å². The van der Waals surface area contributed by atoms with Crippen LogP contribution in [0.15, 0.2) is 65.7 Å². The second-order valence-electron chi connectivity index (χ2n) is 11.9. The average molecular weight is 845 g/mol. The Kier molecular flexibility index (Phi) is 20.4. The Bertz CT molecular complexity index is 3550. The number of carbonyl (C=O) groups excluding carboxylic acids is 1. The molecule has 1 amide bonds. The molecule has 3 heterocycles. The topological polar surface area (TPSA) is 108 Å². The molecule has 1 fully saturated rings. The molecule has 1 saturated heterocycles. The smallest absolute Gasteiger partial charge is 0.335 e. The van der Waals surface area contributed by atoms with Crippen LogP contribution in [0.4, 0.5) is 5.82 Å². The number of aromatic nitrogens is 4. The zero-order valence-corrected chi connectivity index (χ0v) is 35.5. The summed E-state index contributed by atoms with van der Waals surface area (Å²) in [5.41, 5.74) is 7.37. The van der Waals surface area contributed by atoms with Crippen molar-refractivity contribution in [3.63, 3.8) is 0 Å². The molecular weight excluding hydrogens is 817 g/mol. The first kappa shape index (κ1) is 47.5. The molecule has 0 bridgehead atoms. The SMILES string of the molecule is CC#CC#CC#CC#CC#CC#CC#CC#CC#CC#CC#CC#CC#CC#CC#CC.CC#CC(=O)N1CC[C@@H](n2c(=O)n(-c3ccc(Oc4ccccc4)cc3)c3c(N)ncnc32)C1. The van der Waals surface area contributed by atoms with Gasteiger partial charge in [0.1, 0.15) is 23.3 Å². The lowest BCUT2D eigenvalue weighted by Gasteiger charge is -2.14. The van der Waals surface area contributed by atoms with Crippen molar-refractivity contribution in [3.05, 3.63) is 71.4 Å². The molecule has 1 aliphatic heterocycles. The molecule has 0 spiro atoms. The Hall–Kier alpha value is -11.2. The van der Waals surface area contributed by atoms with E-state index in [0.29, 0.717) is 42.1 Å². The van der Waals surface area contributed by atoms with Gasteiger partial charge in [0.25, 0.3) is 5.91 Å². The van der Waals surface area contributed by atoms with Crippen molar-refractivity contribution in [2.75, 3.05) is 18.8 Å². The van der Waals surface area contributed by atoms with E-state index in [1.165, 1.54) is 10.9 Å². The first-order valence-electron chi connectivity index (χ1n) is 19.1. The number of anilines is 1. The van der Waals surface area contributed by atoms with Crippen molar-refractivity contribution in [2.45, 2.75) is 33.2 Å². The van der Waals surface area contributed by atoms with Gasteiger partial charge in [0.15, 0.2) is 11.5 Å². The molecule has 5 rings (SSSR count). The number of nitrogens with two attached hydrogens (primary N) is 1. The lowest BCUT2D eigenvalue weighted by molar-refractivity contribution is -0.124. The number of ether oxygens (including phenoxy) is 1. The number of hydrogen-bond acceptors (Lipinski definition) is 6. The van der Waals surface area contributed by atoms with Gasteiger partial charge in [-0.3, -0.25) is 13.9 Å². The highest BCUT2D eigenvalue weighted by atomic mass is 16.5. The molecule has 66 heavy (non-hydrogen) atoms. The Morgan fingerprint density at radius 3 is 1.42 bits per heavy atom. The summed E-state index contributed by atoms with van der Waals surface area (Å²) >= 11 is 0. The lowest BCUT2D eigenvalue weighted by Crippen LogP contribution is -2.31. The van der Waals surface area contributed by atoms with Gasteiger partial charge in [0, 0.05) is 84.1 Å². The van der Waals surface area contributed by atoms with Crippen molar-refractivity contribution in [1.82, 2.24) is 24.0 Å². The average Bonchev–Trinajstić information content (AvgIpc) is 3.94. The summed E-state index contributed by atoms with van der Waals surface area (Å²) < 4.78 is 8.97. The molecule has 0 aliphatic carbocycles. The van der Waals surface area contributed by atoms with E-state index in [2.05, 4.69) is 199 Å². The van der Waals surface area contributed by atoms with E-state index in [4.69, 9.17) is 10.5 Å². The molecule has 2 aromatic carbocycles. The number of benzene rings is 2. The first-order chi connectivity index (χ1) is 32.5. The maximum absolute atomic E-state index is 13.6. The molecule has 9 heteroatoms. The predicted octanol–water partition coefficient (Wildman–Crippen LogP) is 3.83. The molecule has 304 valence electrons. The summed E-state index contributed by atoms with van der Waals surface area (Å²) in [4.78, 5) is 36.0. The highest BCUT2D eigenvalue weighted by Gasteiger charge is 2.31. The third-order valence-corrected chi connectivity index (χ3v) is 7.74. The summed E-state index contributed by atoms with van der Waals surface area (Å²) in [6, 6.07) is 16.4. The summed E-state index contributed by atoms with van der Waals surface area (Å²) in [5.74, 6) is 82.1. The van der Waals surface area contributed by atoms with Crippen LogP contribution in [0.25, 0.3) is 16.9 Å². The number of para-hydroxylation sites is 1. The molecule has 1 aliphatic rings. The first-order valence-corrected chi connectivity index (χ1v) is 19.1. The fourth-order valence-corrected chi connectivity index (χ4v) is 5.18. The number of likely N-dealkylation sites (tertiary alicyclic amines) is 1.